The third-order valence-electron chi connectivity index (χ3n) is 2.61. The Morgan fingerprint density at radius 1 is 1.20 bits per heavy atom. The van der Waals surface area contributed by atoms with Crippen molar-refractivity contribution in [1.82, 2.24) is 0 Å². The molecule has 3 N–H and O–H groups in total. The van der Waals surface area contributed by atoms with Gasteiger partial charge in [-0.1, -0.05) is 23.7 Å². The van der Waals surface area contributed by atoms with Gasteiger partial charge in [-0.3, -0.25) is 4.72 Å². The molecule has 0 radical (unpaired) electrons. The highest BCUT2D eigenvalue weighted by molar-refractivity contribution is 7.92. The van der Waals surface area contributed by atoms with Gasteiger partial charge in [0.05, 0.1) is 23.5 Å². The van der Waals surface area contributed by atoms with Crippen LogP contribution < -0.4 is 15.2 Å². The van der Waals surface area contributed by atoms with Crippen LogP contribution >= 0.6 is 11.6 Å². The summed E-state index contributed by atoms with van der Waals surface area (Å²) in [6, 6.07) is 10.8. The van der Waals surface area contributed by atoms with E-state index >= 15 is 0 Å². The van der Waals surface area contributed by atoms with E-state index < -0.39 is 10.0 Å². The summed E-state index contributed by atoms with van der Waals surface area (Å²) in [5, 5.41) is 0.398. The highest BCUT2D eigenvalue weighted by Crippen LogP contribution is 2.29. The molecule has 0 spiro atoms. The second kappa shape index (κ2) is 5.60. The molecule has 0 fully saturated rings. The molecule has 0 aromatic heterocycles. The highest BCUT2D eigenvalue weighted by atomic mass is 35.5. The van der Waals surface area contributed by atoms with Gasteiger partial charge in [-0.05, 0) is 24.3 Å². The van der Waals surface area contributed by atoms with E-state index in [1.807, 2.05) is 0 Å². The first-order valence-corrected chi connectivity index (χ1v) is 7.51. The van der Waals surface area contributed by atoms with Crippen LogP contribution in [0.25, 0.3) is 0 Å². The fourth-order valence-corrected chi connectivity index (χ4v) is 3.04. The van der Waals surface area contributed by atoms with Gasteiger partial charge in [0.25, 0.3) is 10.0 Å². The Labute approximate surface area is 122 Å². The van der Waals surface area contributed by atoms with Gasteiger partial charge >= 0.3 is 0 Å². The van der Waals surface area contributed by atoms with Crippen molar-refractivity contribution in [1.29, 1.82) is 0 Å². The molecule has 7 heteroatoms. The van der Waals surface area contributed by atoms with E-state index in [4.69, 9.17) is 22.1 Å². The quantitative estimate of drug-likeness (QED) is 0.851. The van der Waals surface area contributed by atoms with Crippen LogP contribution in [0, 0.1) is 0 Å². The first-order chi connectivity index (χ1) is 9.44. The summed E-state index contributed by atoms with van der Waals surface area (Å²) in [5.74, 6) is 0.382. The van der Waals surface area contributed by atoms with Crippen molar-refractivity contribution < 1.29 is 13.2 Å². The van der Waals surface area contributed by atoms with Crippen LogP contribution in [0.2, 0.25) is 5.02 Å². The van der Waals surface area contributed by atoms with Crippen molar-refractivity contribution in [3.63, 3.8) is 0 Å². The largest absolute Gasteiger partial charge is 0.495 e. The Bertz CT molecular complexity index is 732. The zero-order valence-electron chi connectivity index (χ0n) is 10.6. The third-order valence-corrected chi connectivity index (χ3v) is 4.38. The van der Waals surface area contributed by atoms with E-state index in [0.29, 0.717) is 16.5 Å². The molecular formula is C13H13ClN2O3S. The lowest BCUT2D eigenvalue weighted by atomic mass is 10.3. The van der Waals surface area contributed by atoms with Gasteiger partial charge in [0.2, 0.25) is 0 Å². The SMILES string of the molecule is COc1cc(NS(=O)(=O)c2ccccc2N)ccc1Cl. The Kier molecular flexibility index (Phi) is 4.06. The summed E-state index contributed by atoms with van der Waals surface area (Å²) < 4.78 is 32.0. The number of halogens is 1. The predicted molar refractivity (Wildman–Crippen MR) is 79.7 cm³/mol. The molecule has 0 heterocycles. The number of methoxy groups -OCH3 is 1. The van der Waals surface area contributed by atoms with Crippen molar-refractivity contribution in [3.05, 3.63) is 47.5 Å². The smallest absolute Gasteiger partial charge is 0.263 e. The molecule has 0 unspecified atom stereocenters. The summed E-state index contributed by atoms with van der Waals surface area (Å²) in [5.41, 5.74) is 6.20. The van der Waals surface area contributed by atoms with Gasteiger partial charge in [0.15, 0.2) is 0 Å². The average molecular weight is 313 g/mol. The number of hydrogen-bond acceptors (Lipinski definition) is 4. The second-order valence-corrected chi connectivity index (χ2v) is 6.05. The minimum atomic E-state index is -3.76. The highest BCUT2D eigenvalue weighted by Gasteiger charge is 2.17. The number of sulfonamides is 1. The summed E-state index contributed by atoms with van der Waals surface area (Å²) in [4.78, 5) is 0.0221. The molecule has 2 rings (SSSR count). The number of nitrogens with two attached hydrogens (primary N) is 1. The number of anilines is 2. The number of nitrogens with one attached hydrogen (secondary N) is 1. The van der Waals surface area contributed by atoms with Crippen LogP contribution in [-0.4, -0.2) is 15.5 Å². The molecular weight excluding hydrogens is 300 g/mol. The minimum absolute atomic E-state index is 0.0221. The third kappa shape index (κ3) is 2.97. The summed E-state index contributed by atoms with van der Waals surface area (Å²) >= 11 is 5.89. The first kappa shape index (κ1) is 14.5. The lowest BCUT2D eigenvalue weighted by Crippen LogP contribution is -2.14. The maximum atomic E-state index is 12.2. The fraction of sp³-hybridized carbons (Fsp3) is 0.0769. The van der Waals surface area contributed by atoms with Gasteiger partial charge in [0, 0.05) is 6.07 Å². The standard InChI is InChI=1S/C13H13ClN2O3S/c1-19-12-8-9(6-7-10(12)14)16-20(17,18)13-5-3-2-4-11(13)15/h2-8,16H,15H2,1H3. The van der Waals surface area contributed by atoms with E-state index in [2.05, 4.69) is 4.72 Å². The van der Waals surface area contributed by atoms with E-state index in [9.17, 15) is 8.42 Å². The van der Waals surface area contributed by atoms with Crippen molar-refractivity contribution >= 4 is 33.0 Å². The van der Waals surface area contributed by atoms with Crippen molar-refractivity contribution in [2.24, 2.45) is 0 Å². The normalized spacial score (nSPS) is 11.1. The fourth-order valence-electron chi connectivity index (χ4n) is 1.66. The minimum Gasteiger partial charge on any atom is -0.495 e. The van der Waals surface area contributed by atoms with E-state index in [-0.39, 0.29) is 10.6 Å². The lowest BCUT2D eigenvalue weighted by Gasteiger charge is -2.11. The molecule has 106 valence electrons. The monoisotopic (exact) mass is 312 g/mol. The van der Waals surface area contributed by atoms with E-state index in [1.54, 1.807) is 24.3 Å². The van der Waals surface area contributed by atoms with Crippen LogP contribution in [0.1, 0.15) is 0 Å². The molecule has 0 aliphatic heterocycles. The zero-order valence-corrected chi connectivity index (χ0v) is 12.2. The van der Waals surface area contributed by atoms with Crippen molar-refractivity contribution in [2.45, 2.75) is 4.90 Å². The molecule has 20 heavy (non-hydrogen) atoms. The molecule has 0 saturated carbocycles. The number of ether oxygens (including phenoxy) is 1. The van der Waals surface area contributed by atoms with Gasteiger partial charge in [-0.25, -0.2) is 8.42 Å². The van der Waals surface area contributed by atoms with Crippen molar-refractivity contribution in [3.8, 4) is 5.75 Å². The molecule has 0 aliphatic carbocycles. The van der Waals surface area contributed by atoms with Gasteiger partial charge in [-0.2, -0.15) is 0 Å². The maximum Gasteiger partial charge on any atom is 0.263 e. The lowest BCUT2D eigenvalue weighted by molar-refractivity contribution is 0.415. The Morgan fingerprint density at radius 3 is 2.55 bits per heavy atom. The maximum absolute atomic E-state index is 12.2. The molecule has 0 atom stereocenters. The predicted octanol–water partition coefficient (Wildman–Crippen LogP) is 2.73. The first-order valence-electron chi connectivity index (χ1n) is 5.65. The number of nitrogen functional groups attached to an aromatic ring is 1. The number of rotatable bonds is 4. The van der Waals surface area contributed by atoms with Gasteiger partial charge in [-0.15, -0.1) is 0 Å². The summed E-state index contributed by atoms with van der Waals surface area (Å²) in [7, 11) is -2.30. The van der Waals surface area contributed by atoms with Gasteiger partial charge < -0.3 is 10.5 Å². The summed E-state index contributed by atoms with van der Waals surface area (Å²) in [6.45, 7) is 0. The van der Waals surface area contributed by atoms with E-state index in [1.165, 1.54) is 25.3 Å². The van der Waals surface area contributed by atoms with Crippen LogP contribution in [0.5, 0.6) is 5.75 Å². The Balaban J connectivity index is 2.36. The molecule has 0 amide bonds. The number of hydrogen-bond donors (Lipinski definition) is 2. The number of para-hydroxylation sites is 1. The van der Waals surface area contributed by atoms with Crippen LogP contribution in [0.3, 0.4) is 0 Å². The second-order valence-electron chi connectivity index (χ2n) is 3.99. The molecule has 0 bridgehead atoms. The molecule has 2 aromatic carbocycles. The van der Waals surface area contributed by atoms with Crippen LogP contribution in [-0.2, 0) is 10.0 Å². The number of benzene rings is 2. The van der Waals surface area contributed by atoms with E-state index in [0.717, 1.165) is 0 Å². The Hall–Kier alpha value is -1.92. The molecule has 5 nitrogen and oxygen atoms in total. The van der Waals surface area contributed by atoms with Crippen molar-refractivity contribution in [2.75, 3.05) is 17.6 Å². The zero-order chi connectivity index (χ0) is 14.8. The topological polar surface area (TPSA) is 81.4 Å². The average Bonchev–Trinajstić information content (AvgIpc) is 2.41. The van der Waals surface area contributed by atoms with Crippen LogP contribution in [0.4, 0.5) is 11.4 Å². The molecule has 2 aromatic rings. The van der Waals surface area contributed by atoms with Crippen LogP contribution in [0.15, 0.2) is 47.4 Å². The Morgan fingerprint density at radius 2 is 1.90 bits per heavy atom. The molecule has 0 saturated heterocycles. The van der Waals surface area contributed by atoms with Gasteiger partial charge in [0.1, 0.15) is 10.6 Å². The molecule has 0 aliphatic rings. The summed E-state index contributed by atoms with van der Waals surface area (Å²) in [6.07, 6.45) is 0.